The minimum absolute atomic E-state index is 0. The highest BCUT2D eigenvalue weighted by Crippen LogP contribution is 2.62. The van der Waals surface area contributed by atoms with Crippen molar-refractivity contribution in [1.82, 2.24) is 5.32 Å². The second kappa shape index (κ2) is 5.01. The third-order valence-electron chi connectivity index (χ3n) is 5.61. The molecule has 0 aromatic heterocycles. The van der Waals surface area contributed by atoms with Crippen molar-refractivity contribution in [2.24, 2.45) is 28.4 Å². The first kappa shape index (κ1) is 15.8. The molecule has 2 aliphatic carbocycles. The van der Waals surface area contributed by atoms with E-state index in [-0.39, 0.29) is 35.1 Å². The van der Waals surface area contributed by atoms with Crippen molar-refractivity contribution in [2.45, 2.75) is 53.0 Å². The summed E-state index contributed by atoms with van der Waals surface area (Å²) >= 11 is 0. The lowest BCUT2D eigenvalue weighted by Gasteiger charge is -2.18. The monoisotopic (exact) mass is 274 g/mol. The molecule has 18 heavy (non-hydrogen) atoms. The number of rotatable bonds is 3. The van der Waals surface area contributed by atoms with Gasteiger partial charge in [0.1, 0.15) is 0 Å². The zero-order valence-electron chi connectivity index (χ0n) is 12.0. The van der Waals surface area contributed by atoms with Crippen LogP contribution in [0.2, 0.25) is 0 Å². The fourth-order valence-corrected chi connectivity index (χ4v) is 3.47. The molecule has 3 N–H and O–H groups in total. The van der Waals surface area contributed by atoms with Crippen LogP contribution in [0.25, 0.3) is 0 Å². The van der Waals surface area contributed by atoms with Gasteiger partial charge in [0.2, 0.25) is 5.91 Å². The number of hydrogen-bond donors (Lipinski definition) is 2. The number of halogens is 1. The zero-order chi connectivity index (χ0) is 12.8. The van der Waals surface area contributed by atoms with Gasteiger partial charge in [0.15, 0.2) is 0 Å². The van der Waals surface area contributed by atoms with Crippen molar-refractivity contribution < 1.29 is 4.79 Å². The smallest absolute Gasteiger partial charge is 0.223 e. The zero-order valence-corrected chi connectivity index (χ0v) is 12.8. The van der Waals surface area contributed by atoms with Crippen LogP contribution in [-0.4, -0.2) is 18.5 Å². The van der Waals surface area contributed by atoms with Crippen LogP contribution in [0.1, 0.15) is 47.0 Å². The molecule has 106 valence electrons. The van der Waals surface area contributed by atoms with Gasteiger partial charge in [0, 0.05) is 12.0 Å². The normalized spacial score (nSPS) is 32.7. The second-order valence-electron chi connectivity index (χ2n) is 6.92. The van der Waals surface area contributed by atoms with E-state index >= 15 is 0 Å². The molecular formula is C14H27ClN2O. The molecule has 0 saturated heterocycles. The number of nitrogens with two attached hydrogens (primary N) is 1. The molecule has 1 amide bonds. The fourth-order valence-electron chi connectivity index (χ4n) is 3.47. The van der Waals surface area contributed by atoms with Crippen LogP contribution < -0.4 is 11.1 Å². The number of amides is 1. The summed E-state index contributed by atoms with van der Waals surface area (Å²) in [5.41, 5.74) is 6.18. The minimum atomic E-state index is 0. The molecule has 2 saturated carbocycles. The molecule has 0 unspecified atom stereocenters. The third kappa shape index (κ3) is 2.27. The van der Waals surface area contributed by atoms with Crippen LogP contribution >= 0.6 is 12.4 Å². The van der Waals surface area contributed by atoms with Gasteiger partial charge in [-0.1, -0.05) is 34.1 Å². The molecule has 0 aliphatic heterocycles. The van der Waals surface area contributed by atoms with E-state index in [2.05, 4.69) is 33.0 Å². The highest BCUT2D eigenvalue weighted by molar-refractivity contribution is 5.85. The Morgan fingerprint density at radius 2 is 1.78 bits per heavy atom. The predicted molar refractivity (Wildman–Crippen MR) is 76.6 cm³/mol. The molecule has 3 nitrogen and oxygen atoms in total. The molecule has 2 fully saturated rings. The first-order valence-corrected chi connectivity index (χ1v) is 6.83. The van der Waals surface area contributed by atoms with E-state index in [1.54, 1.807) is 0 Å². The van der Waals surface area contributed by atoms with Gasteiger partial charge in [-0.05, 0) is 36.1 Å². The molecule has 0 aromatic carbocycles. The van der Waals surface area contributed by atoms with Gasteiger partial charge in [0.25, 0.3) is 0 Å². The first-order valence-electron chi connectivity index (χ1n) is 6.83. The van der Waals surface area contributed by atoms with Gasteiger partial charge in [0.05, 0.1) is 0 Å². The number of carbonyl (C=O) groups is 1. The highest BCUT2D eigenvalue weighted by Gasteiger charge is 2.65. The summed E-state index contributed by atoms with van der Waals surface area (Å²) in [5, 5.41) is 3.25. The Kier molecular flexibility index (Phi) is 4.39. The van der Waals surface area contributed by atoms with Crippen molar-refractivity contribution >= 4 is 18.3 Å². The Labute approximate surface area is 117 Å². The van der Waals surface area contributed by atoms with E-state index in [1.807, 2.05) is 0 Å². The fraction of sp³-hybridized carbons (Fsp3) is 0.929. The second-order valence-corrected chi connectivity index (χ2v) is 6.92. The minimum Gasteiger partial charge on any atom is -0.352 e. The molecule has 4 heteroatoms. The van der Waals surface area contributed by atoms with Gasteiger partial charge < -0.3 is 11.1 Å². The van der Waals surface area contributed by atoms with E-state index in [0.717, 1.165) is 19.3 Å². The van der Waals surface area contributed by atoms with Gasteiger partial charge in [-0.15, -0.1) is 12.4 Å². The summed E-state index contributed by atoms with van der Waals surface area (Å²) in [6.45, 7) is 9.57. The van der Waals surface area contributed by atoms with Crippen LogP contribution in [0.4, 0.5) is 0 Å². The van der Waals surface area contributed by atoms with Crippen LogP contribution in [-0.2, 0) is 4.79 Å². The molecule has 0 bridgehead atoms. The van der Waals surface area contributed by atoms with Crippen LogP contribution in [0, 0.1) is 22.7 Å². The van der Waals surface area contributed by atoms with E-state index in [4.69, 9.17) is 5.73 Å². The van der Waals surface area contributed by atoms with Gasteiger partial charge in [-0.2, -0.15) is 0 Å². The van der Waals surface area contributed by atoms with Crippen molar-refractivity contribution in [3.8, 4) is 0 Å². The Hall–Kier alpha value is -0.280. The van der Waals surface area contributed by atoms with E-state index in [9.17, 15) is 4.79 Å². The molecule has 0 aromatic rings. The van der Waals surface area contributed by atoms with E-state index < -0.39 is 0 Å². The molecule has 2 aliphatic rings. The lowest BCUT2D eigenvalue weighted by molar-refractivity contribution is -0.126. The van der Waals surface area contributed by atoms with Gasteiger partial charge in [-0.25, -0.2) is 0 Å². The highest BCUT2D eigenvalue weighted by atomic mass is 35.5. The first-order chi connectivity index (χ1) is 7.82. The SMILES string of the molecule is CC1(C)C(NC(=O)[C@@H]2CCC[C@@H]2CN)C1(C)C.Cl. The van der Waals surface area contributed by atoms with Crippen LogP contribution in [0.15, 0.2) is 0 Å². The van der Waals surface area contributed by atoms with Crippen molar-refractivity contribution in [1.29, 1.82) is 0 Å². The van der Waals surface area contributed by atoms with Crippen molar-refractivity contribution in [2.75, 3.05) is 6.54 Å². The summed E-state index contributed by atoms with van der Waals surface area (Å²) in [7, 11) is 0. The average molecular weight is 275 g/mol. The number of carbonyl (C=O) groups excluding carboxylic acids is 1. The number of hydrogen-bond acceptors (Lipinski definition) is 2. The molecule has 0 spiro atoms. The Morgan fingerprint density at radius 1 is 1.22 bits per heavy atom. The number of nitrogens with one attached hydrogen (secondary N) is 1. The molecule has 2 rings (SSSR count). The van der Waals surface area contributed by atoms with Gasteiger partial charge in [-0.3, -0.25) is 4.79 Å². The Bertz CT molecular complexity index is 314. The summed E-state index contributed by atoms with van der Waals surface area (Å²) in [5.74, 6) is 0.800. The lowest BCUT2D eigenvalue weighted by atomic mass is 9.95. The average Bonchev–Trinajstić information content (AvgIpc) is 2.64. The largest absolute Gasteiger partial charge is 0.352 e. The van der Waals surface area contributed by atoms with E-state index in [1.165, 1.54) is 0 Å². The Balaban J connectivity index is 0.00000162. The molecule has 0 radical (unpaired) electrons. The van der Waals surface area contributed by atoms with Crippen LogP contribution in [0.5, 0.6) is 0 Å². The molecular weight excluding hydrogens is 248 g/mol. The quantitative estimate of drug-likeness (QED) is 0.830. The Morgan fingerprint density at radius 3 is 2.22 bits per heavy atom. The topological polar surface area (TPSA) is 55.1 Å². The van der Waals surface area contributed by atoms with E-state index in [0.29, 0.717) is 18.5 Å². The molecule has 2 atom stereocenters. The summed E-state index contributed by atoms with van der Waals surface area (Å²) in [6, 6.07) is 0.321. The summed E-state index contributed by atoms with van der Waals surface area (Å²) in [4.78, 5) is 12.3. The summed E-state index contributed by atoms with van der Waals surface area (Å²) < 4.78 is 0. The molecule has 0 heterocycles. The van der Waals surface area contributed by atoms with Crippen molar-refractivity contribution in [3.05, 3.63) is 0 Å². The lowest BCUT2D eigenvalue weighted by Crippen LogP contribution is -2.38. The third-order valence-corrected chi connectivity index (χ3v) is 5.61. The summed E-state index contributed by atoms with van der Waals surface area (Å²) in [6.07, 6.45) is 3.28. The predicted octanol–water partition coefficient (Wildman–Crippen LogP) is 2.33. The maximum absolute atomic E-state index is 12.3. The standard InChI is InChI=1S/C14H26N2O.ClH/c1-13(2)12(14(13,3)4)16-11(17)10-7-5-6-9(10)8-15;/h9-10,12H,5-8,15H2,1-4H3,(H,16,17);1H/t9-,10-;/m1./s1. The van der Waals surface area contributed by atoms with Gasteiger partial charge >= 0.3 is 0 Å². The van der Waals surface area contributed by atoms with Crippen LogP contribution in [0.3, 0.4) is 0 Å². The maximum Gasteiger partial charge on any atom is 0.223 e. The maximum atomic E-state index is 12.3. The van der Waals surface area contributed by atoms with Crippen molar-refractivity contribution in [3.63, 3.8) is 0 Å².